The van der Waals surface area contributed by atoms with Crippen molar-refractivity contribution in [1.29, 1.82) is 0 Å². The third-order valence-electron chi connectivity index (χ3n) is 5.97. The van der Waals surface area contributed by atoms with E-state index in [1.165, 1.54) is 0 Å². The molecule has 1 saturated heterocycles. The fourth-order valence-electron chi connectivity index (χ4n) is 3.65. The summed E-state index contributed by atoms with van der Waals surface area (Å²) in [5.74, 6) is 0.990. The first-order valence-electron chi connectivity index (χ1n) is 11.3. The van der Waals surface area contributed by atoms with Gasteiger partial charge in [0, 0.05) is 37.5 Å². The van der Waals surface area contributed by atoms with E-state index in [4.69, 9.17) is 32.0 Å². The SMILES string of the molecule is CNC(=S)Nc1ccc(-c2nc(N3CCOC[C@@H]3C)cc(C(C)(C)S(=O)(=O)CCCO)n2)cc1. The Morgan fingerprint density at radius 2 is 2.00 bits per heavy atom. The molecule has 3 rings (SSSR count). The quantitative estimate of drug-likeness (QED) is 0.460. The average molecular weight is 508 g/mol. The van der Waals surface area contributed by atoms with Gasteiger partial charge in [-0.15, -0.1) is 0 Å². The minimum absolute atomic E-state index is 0.0904. The van der Waals surface area contributed by atoms with Crippen LogP contribution in [0.25, 0.3) is 11.4 Å². The number of anilines is 2. The maximum atomic E-state index is 13.2. The first-order chi connectivity index (χ1) is 16.1. The third-order valence-corrected chi connectivity index (χ3v) is 8.86. The molecule has 1 aliphatic heterocycles. The van der Waals surface area contributed by atoms with Crippen LogP contribution in [0, 0.1) is 0 Å². The molecule has 1 aromatic carbocycles. The van der Waals surface area contributed by atoms with Crippen molar-refractivity contribution in [3.63, 3.8) is 0 Å². The number of thiocarbonyl (C=S) groups is 1. The van der Waals surface area contributed by atoms with Crippen molar-refractivity contribution in [2.75, 3.05) is 49.4 Å². The molecule has 186 valence electrons. The van der Waals surface area contributed by atoms with E-state index in [1.54, 1.807) is 27.0 Å². The van der Waals surface area contributed by atoms with E-state index >= 15 is 0 Å². The van der Waals surface area contributed by atoms with E-state index in [2.05, 4.69) is 22.5 Å². The maximum absolute atomic E-state index is 13.2. The molecule has 0 saturated carbocycles. The summed E-state index contributed by atoms with van der Waals surface area (Å²) in [5, 5.41) is 15.6. The monoisotopic (exact) mass is 507 g/mol. The number of sulfone groups is 1. The molecular formula is C23H33N5O4S2. The third kappa shape index (κ3) is 5.83. The van der Waals surface area contributed by atoms with Gasteiger partial charge in [0.05, 0.1) is 30.7 Å². The highest BCUT2D eigenvalue weighted by Crippen LogP contribution is 2.34. The minimum atomic E-state index is -3.58. The summed E-state index contributed by atoms with van der Waals surface area (Å²) in [6.07, 6.45) is 0.181. The Balaban J connectivity index is 2.07. The normalized spacial score (nSPS) is 16.9. The minimum Gasteiger partial charge on any atom is -0.396 e. The number of aromatic nitrogens is 2. The molecule has 9 nitrogen and oxygen atoms in total. The second-order valence-electron chi connectivity index (χ2n) is 8.74. The first-order valence-corrected chi connectivity index (χ1v) is 13.3. The number of nitrogens with one attached hydrogen (secondary N) is 2. The van der Waals surface area contributed by atoms with Crippen LogP contribution in [0.2, 0.25) is 0 Å². The molecule has 11 heteroatoms. The lowest BCUT2D eigenvalue weighted by molar-refractivity contribution is 0.0985. The molecule has 0 radical (unpaired) electrons. The Morgan fingerprint density at radius 3 is 2.62 bits per heavy atom. The lowest BCUT2D eigenvalue weighted by atomic mass is 10.1. The predicted octanol–water partition coefficient (Wildman–Crippen LogP) is 2.32. The van der Waals surface area contributed by atoms with Crippen LogP contribution < -0.4 is 15.5 Å². The number of benzene rings is 1. The Bertz CT molecular complexity index is 1110. The van der Waals surface area contributed by atoms with Gasteiger partial charge in [0.25, 0.3) is 0 Å². The van der Waals surface area contributed by atoms with Gasteiger partial charge in [-0.25, -0.2) is 18.4 Å². The van der Waals surface area contributed by atoms with Gasteiger partial charge in [0.1, 0.15) is 10.6 Å². The van der Waals surface area contributed by atoms with Gasteiger partial charge < -0.3 is 25.4 Å². The molecule has 1 atom stereocenters. The maximum Gasteiger partial charge on any atom is 0.170 e. The van der Waals surface area contributed by atoms with Crippen molar-refractivity contribution < 1.29 is 18.3 Å². The number of hydrogen-bond donors (Lipinski definition) is 3. The highest BCUT2D eigenvalue weighted by atomic mass is 32.2. The van der Waals surface area contributed by atoms with Gasteiger partial charge in [-0.1, -0.05) is 0 Å². The van der Waals surface area contributed by atoms with Crippen LogP contribution in [0.5, 0.6) is 0 Å². The second-order valence-corrected chi connectivity index (χ2v) is 11.8. The molecule has 34 heavy (non-hydrogen) atoms. The molecule has 2 aromatic rings. The smallest absolute Gasteiger partial charge is 0.170 e. The summed E-state index contributed by atoms with van der Waals surface area (Å²) in [5.41, 5.74) is 1.99. The van der Waals surface area contributed by atoms with Crippen LogP contribution >= 0.6 is 12.2 Å². The molecule has 0 bridgehead atoms. The topological polar surface area (TPSA) is 117 Å². The molecule has 0 aliphatic carbocycles. The molecule has 0 spiro atoms. The van der Waals surface area contributed by atoms with Crippen LogP contribution in [0.1, 0.15) is 32.9 Å². The van der Waals surface area contributed by atoms with E-state index in [-0.39, 0.29) is 24.8 Å². The molecule has 3 N–H and O–H groups in total. The standard InChI is InChI=1S/C23H33N5O4S2/c1-16-15-32-12-10-28(16)20-14-19(23(2,3)34(30,31)13-5-11-29)26-21(27-20)17-6-8-18(9-7-17)25-22(33)24-4/h6-9,14,16,29H,5,10-13,15H2,1-4H3,(H2,24,25,33)/t16-/m0/s1. The Kier molecular flexibility index (Phi) is 8.45. The summed E-state index contributed by atoms with van der Waals surface area (Å²) >= 11 is 5.15. The summed E-state index contributed by atoms with van der Waals surface area (Å²) in [7, 11) is -1.84. The van der Waals surface area contributed by atoms with Crippen molar-refractivity contribution in [2.24, 2.45) is 0 Å². The van der Waals surface area contributed by atoms with Crippen LogP contribution in [-0.2, 0) is 19.3 Å². The average Bonchev–Trinajstić information content (AvgIpc) is 2.83. The van der Waals surface area contributed by atoms with Gasteiger partial charge in [0.2, 0.25) is 0 Å². The number of morpholine rings is 1. The molecule has 1 aromatic heterocycles. The van der Waals surface area contributed by atoms with Crippen molar-refractivity contribution in [3.05, 3.63) is 36.0 Å². The van der Waals surface area contributed by atoms with Gasteiger partial charge in [0.15, 0.2) is 20.8 Å². The number of nitrogens with zero attached hydrogens (tertiary/aromatic N) is 3. The fraction of sp³-hybridized carbons (Fsp3) is 0.522. The zero-order valence-corrected chi connectivity index (χ0v) is 21.7. The van der Waals surface area contributed by atoms with Crippen LogP contribution in [-0.4, -0.2) is 73.8 Å². The lowest BCUT2D eigenvalue weighted by Gasteiger charge is -2.35. The summed E-state index contributed by atoms with van der Waals surface area (Å²) in [6.45, 7) is 6.97. The van der Waals surface area contributed by atoms with Gasteiger partial charge in [-0.3, -0.25) is 0 Å². The molecule has 2 heterocycles. The molecule has 0 amide bonds. The number of ether oxygens (including phenoxy) is 1. The number of hydrogen-bond acceptors (Lipinski definition) is 8. The van der Waals surface area contributed by atoms with Gasteiger partial charge in [-0.05, 0) is 63.7 Å². The molecule has 1 aliphatic rings. The van der Waals surface area contributed by atoms with E-state index in [0.29, 0.717) is 42.2 Å². The van der Waals surface area contributed by atoms with Crippen molar-refractivity contribution >= 4 is 38.7 Å². The zero-order valence-electron chi connectivity index (χ0n) is 20.0. The Morgan fingerprint density at radius 1 is 1.29 bits per heavy atom. The largest absolute Gasteiger partial charge is 0.396 e. The van der Waals surface area contributed by atoms with Crippen LogP contribution in [0.4, 0.5) is 11.5 Å². The Labute approximate surface area is 206 Å². The number of aliphatic hydroxyl groups excluding tert-OH is 1. The summed E-state index contributed by atoms with van der Waals surface area (Å²) in [6, 6.07) is 9.35. The van der Waals surface area contributed by atoms with Gasteiger partial charge >= 0.3 is 0 Å². The molecule has 1 fully saturated rings. The molecule has 0 unspecified atom stereocenters. The highest BCUT2D eigenvalue weighted by molar-refractivity contribution is 7.92. The lowest BCUT2D eigenvalue weighted by Crippen LogP contribution is -2.44. The Hall–Kier alpha value is -2.34. The van der Waals surface area contributed by atoms with E-state index in [1.807, 2.05) is 24.3 Å². The van der Waals surface area contributed by atoms with E-state index in [0.717, 1.165) is 11.3 Å². The van der Waals surface area contributed by atoms with Crippen LogP contribution in [0.3, 0.4) is 0 Å². The van der Waals surface area contributed by atoms with E-state index in [9.17, 15) is 8.42 Å². The van der Waals surface area contributed by atoms with Crippen molar-refractivity contribution in [1.82, 2.24) is 15.3 Å². The fourth-order valence-corrected chi connectivity index (χ4v) is 5.21. The van der Waals surface area contributed by atoms with Gasteiger partial charge in [-0.2, -0.15) is 0 Å². The summed E-state index contributed by atoms with van der Waals surface area (Å²) < 4.78 is 30.6. The highest BCUT2D eigenvalue weighted by Gasteiger charge is 2.38. The predicted molar refractivity (Wildman–Crippen MR) is 139 cm³/mol. The van der Waals surface area contributed by atoms with Crippen molar-refractivity contribution in [2.45, 2.75) is 38.0 Å². The van der Waals surface area contributed by atoms with E-state index < -0.39 is 14.6 Å². The number of rotatable bonds is 8. The van der Waals surface area contributed by atoms with Crippen LogP contribution in [0.15, 0.2) is 30.3 Å². The van der Waals surface area contributed by atoms with Crippen molar-refractivity contribution in [3.8, 4) is 11.4 Å². The number of aliphatic hydroxyl groups is 1. The first kappa shape index (κ1) is 26.3. The second kappa shape index (κ2) is 10.9. The molecular weight excluding hydrogens is 474 g/mol. The summed E-state index contributed by atoms with van der Waals surface area (Å²) in [4.78, 5) is 11.6. The zero-order chi connectivity index (χ0) is 24.9.